The Labute approximate surface area is 500 Å². The zero-order chi connectivity index (χ0) is 57.4. The SMILES string of the molecule is O=C(C(Cc1ccc(F)cc1)N1CCC(c2nc(C(=O)N3CCN(C(c4ccccc4)c4ccccc4)CC3)cs2)CC1)C(Cc1ccc(F)cc1)N1CCC(c2nc(C(=O)N3CCN(C(c4ccccc4)c4ccccc4)CC3)cs2)CC1. The van der Waals surface area contributed by atoms with Gasteiger partial charge in [-0.3, -0.25) is 34.0 Å². The van der Waals surface area contributed by atoms with E-state index in [1.165, 1.54) is 46.5 Å². The highest BCUT2D eigenvalue weighted by atomic mass is 32.1. The Hall–Kier alpha value is -7.11. The number of halogens is 2. The van der Waals surface area contributed by atoms with Gasteiger partial charge in [-0.1, -0.05) is 146 Å². The second-order valence-corrected chi connectivity index (χ2v) is 24.7. The Balaban J connectivity index is 0.690. The number of hydrogen-bond acceptors (Lipinski definition) is 11. The van der Waals surface area contributed by atoms with Crippen LogP contribution in [0.25, 0.3) is 0 Å². The van der Waals surface area contributed by atoms with Crippen molar-refractivity contribution in [2.45, 2.75) is 74.5 Å². The average molecular weight is 1160 g/mol. The molecule has 0 aliphatic carbocycles. The molecule has 2 aromatic heterocycles. The number of carbonyl (C=O) groups is 3. The van der Waals surface area contributed by atoms with E-state index in [0.29, 0.717) is 76.6 Å². The Morgan fingerprint density at radius 1 is 0.405 bits per heavy atom. The van der Waals surface area contributed by atoms with Gasteiger partial charge >= 0.3 is 0 Å². The highest BCUT2D eigenvalue weighted by molar-refractivity contribution is 7.10. The molecule has 2 atom stereocenters. The normalized spacial score (nSPS) is 18.1. The number of amides is 2. The maximum absolute atomic E-state index is 15.6. The molecule has 15 heteroatoms. The molecule has 2 amide bonds. The lowest BCUT2D eigenvalue weighted by atomic mass is 9.87. The van der Waals surface area contributed by atoms with E-state index < -0.39 is 12.1 Å². The van der Waals surface area contributed by atoms with E-state index in [1.54, 1.807) is 46.9 Å². The topological polar surface area (TPSA) is 96.4 Å². The van der Waals surface area contributed by atoms with E-state index in [-0.39, 0.29) is 53.2 Å². The van der Waals surface area contributed by atoms with E-state index in [0.717, 1.165) is 73.0 Å². The molecule has 11 nitrogen and oxygen atoms in total. The number of aromatic nitrogens is 2. The fourth-order valence-electron chi connectivity index (χ4n) is 13.3. The fraction of sp³-hybridized carbons (Fsp3) is 0.348. The minimum atomic E-state index is -0.493. The average Bonchev–Trinajstić information content (AvgIpc) is 4.43. The maximum Gasteiger partial charge on any atom is 0.273 e. The summed E-state index contributed by atoms with van der Waals surface area (Å²) in [6, 6.07) is 54.5. The summed E-state index contributed by atoms with van der Waals surface area (Å²) in [4.78, 5) is 67.2. The van der Waals surface area contributed by atoms with Crippen LogP contribution in [0.15, 0.2) is 181 Å². The summed E-state index contributed by atoms with van der Waals surface area (Å²) in [6.45, 7) is 8.09. The number of rotatable bonds is 18. The van der Waals surface area contributed by atoms with E-state index >= 15 is 4.79 Å². The van der Waals surface area contributed by atoms with Crippen molar-refractivity contribution in [3.8, 4) is 0 Å². The van der Waals surface area contributed by atoms with Gasteiger partial charge in [-0.15, -0.1) is 22.7 Å². The van der Waals surface area contributed by atoms with Crippen LogP contribution < -0.4 is 0 Å². The number of nitrogens with zero attached hydrogens (tertiary/aromatic N) is 8. The number of likely N-dealkylation sites (tertiary alicyclic amines) is 2. The molecule has 8 aromatic rings. The Kier molecular flexibility index (Phi) is 18.3. The number of carbonyl (C=O) groups excluding carboxylic acids is 3. The van der Waals surface area contributed by atoms with E-state index in [2.05, 4.69) is 117 Å². The molecule has 12 rings (SSSR count). The van der Waals surface area contributed by atoms with Gasteiger partial charge in [0.25, 0.3) is 11.8 Å². The van der Waals surface area contributed by atoms with Crippen LogP contribution in [0, 0.1) is 11.6 Å². The first kappa shape index (κ1) is 57.3. The Bertz CT molecular complexity index is 3110. The van der Waals surface area contributed by atoms with Crippen LogP contribution in [0.4, 0.5) is 8.78 Å². The first-order chi connectivity index (χ1) is 41.2. The predicted molar refractivity (Wildman–Crippen MR) is 329 cm³/mol. The third kappa shape index (κ3) is 13.4. The maximum atomic E-state index is 15.6. The van der Waals surface area contributed by atoms with Crippen molar-refractivity contribution in [2.75, 3.05) is 78.5 Å². The van der Waals surface area contributed by atoms with Crippen LogP contribution in [-0.2, 0) is 17.6 Å². The second-order valence-electron chi connectivity index (χ2n) is 23.0. The molecule has 0 N–H and O–H groups in total. The molecule has 0 radical (unpaired) electrons. The van der Waals surface area contributed by atoms with Gasteiger partial charge in [0.05, 0.1) is 34.2 Å². The molecule has 84 heavy (non-hydrogen) atoms. The summed E-state index contributed by atoms with van der Waals surface area (Å²) in [6.07, 6.45) is 3.95. The largest absolute Gasteiger partial charge is 0.335 e. The highest BCUT2D eigenvalue weighted by Gasteiger charge is 2.40. The molecule has 6 heterocycles. The molecular formula is C69H72F2N8O3S2. The van der Waals surface area contributed by atoms with Crippen molar-refractivity contribution < 1.29 is 23.2 Å². The predicted octanol–water partition coefficient (Wildman–Crippen LogP) is 11.8. The van der Waals surface area contributed by atoms with Crippen molar-refractivity contribution >= 4 is 40.3 Å². The Morgan fingerprint density at radius 2 is 0.714 bits per heavy atom. The number of piperidine rings is 2. The minimum absolute atomic E-state index is 0.0318. The summed E-state index contributed by atoms with van der Waals surface area (Å²) in [5, 5.41) is 5.74. The van der Waals surface area contributed by atoms with E-state index in [1.807, 2.05) is 44.8 Å². The quantitative estimate of drug-likeness (QED) is 0.0832. The Morgan fingerprint density at radius 3 is 1.02 bits per heavy atom. The third-order valence-corrected chi connectivity index (χ3v) is 19.9. The molecule has 4 saturated heterocycles. The molecule has 432 valence electrons. The number of thiazole rings is 2. The summed E-state index contributed by atoms with van der Waals surface area (Å²) >= 11 is 3.11. The van der Waals surface area contributed by atoms with Gasteiger partial charge in [-0.2, -0.15) is 0 Å². The summed E-state index contributed by atoms with van der Waals surface area (Å²) in [5.41, 5.74) is 7.71. The number of hydrogen-bond donors (Lipinski definition) is 0. The first-order valence-corrected chi connectivity index (χ1v) is 31.6. The molecule has 0 bridgehead atoms. The standard InChI is InChI=1S/C69H72F2N8O3S2/c70-57-25-21-49(22-26-57)45-61(74-33-29-55(30-34-74)66-72-59(47-83-66)68(81)78-41-37-76(38-42-78)63(51-13-5-1-6-14-51)52-15-7-2-8-16-52)65(80)62(46-50-23-27-58(71)28-24-50)75-35-31-56(32-36-75)67-73-60(48-84-67)69(82)79-43-39-77(40-44-79)64(53-17-9-3-10-18-53)54-19-11-4-12-20-54/h1-28,47-48,55-56,61-64H,29-46H2. The van der Waals surface area contributed by atoms with Gasteiger partial charge in [-0.25, -0.2) is 18.7 Å². The van der Waals surface area contributed by atoms with Crippen molar-refractivity contribution in [2.24, 2.45) is 0 Å². The minimum Gasteiger partial charge on any atom is -0.335 e. The van der Waals surface area contributed by atoms with Gasteiger partial charge in [0.15, 0.2) is 5.78 Å². The number of Topliss-reactive ketones (excluding diaryl/α,β-unsaturated/α-hetero) is 1. The summed E-state index contributed by atoms with van der Waals surface area (Å²) < 4.78 is 28.7. The van der Waals surface area contributed by atoms with Crippen molar-refractivity contribution in [1.29, 1.82) is 0 Å². The molecule has 2 unspecified atom stereocenters. The van der Waals surface area contributed by atoms with Gasteiger partial charge in [-0.05, 0) is 122 Å². The van der Waals surface area contributed by atoms with E-state index in [9.17, 15) is 18.4 Å². The molecule has 0 saturated carbocycles. The number of piperazine rings is 2. The molecule has 6 aromatic carbocycles. The third-order valence-electron chi connectivity index (χ3n) is 17.9. The van der Waals surface area contributed by atoms with Crippen LogP contribution in [0.1, 0.15) is 114 Å². The molecule has 4 aliphatic heterocycles. The summed E-state index contributed by atoms with van der Waals surface area (Å²) in [7, 11) is 0. The zero-order valence-corrected chi connectivity index (χ0v) is 49.0. The lowest BCUT2D eigenvalue weighted by Crippen LogP contribution is -2.55. The smallest absolute Gasteiger partial charge is 0.273 e. The number of ketones is 1. The van der Waals surface area contributed by atoms with Crippen LogP contribution in [-0.4, -0.2) is 148 Å². The fourth-order valence-corrected chi connectivity index (χ4v) is 15.2. The lowest BCUT2D eigenvalue weighted by Gasteiger charge is -2.41. The summed E-state index contributed by atoms with van der Waals surface area (Å²) in [5.74, 6) is -0.332. The first-order valence-electron chi connectivity index (χ1n) is 29.9. The van der Waals surface area contributed by atoms with Crippen LogP contribution in [0.5, 0.6) is 0 Å². The van der Waals surface area contributed by atoms with Gasteiger partial charge < -0.3 is 9.80 Å². The van der Waals surface area contributed by atoms with Crippen molar-refractivity contribution in [1.82, 2.24) is 39.4 Å². The molecule has 0 spiro atoms. The highest BCUT2D eigenvalue weighted by Crippen LogP contribution is 2.37. The van der Waals surface area contributed by atoms with E-state index in [4.69, 9.17) is 9.97 Å². The van der Waals surface area contributed by atoms with Crippen molar-refractivity contribution in [3.05, 3.63) is 247 Å². The van der Waals surface area contributed by atoms with Gasteiger partial charge in [0.1, 0.15) is 23.0 Å². The van der Waals surface area contributed by atoms with Gasteiger partial charge in [0, 0.05) is 75.0 Å². The monoisotopic (exact) mass is 1160 g/mol. The van der Waals surface area contributed by atoms with Crippen LogP contribution in [0.3, 0.4) is 0 Å². The molecular weight excluding hydrogens is 1090 g/mol. The lowest BCUT2D eigenvalue weighted by molar-refractivity contribution is -0.130. The van der Waals surface area contributed by atoms with Crippen LogP contribution >= 0.6 is 22.7 Å². The van der Waals surface area contributed by atoms with Crippen molar-refractivity contribution in [3.63, 3.8) is 0 Å². The zero-order valence-electron chi connectivity index (χ0n) is 47.4. The van der Waals surface area contributed by atoms with Gasteiger partial charge in [0.2, 0.25) is 0 Å². The second kappa shape index (κ2) is 26.9. The molecule has 4 aliphatic rings. The van der Waals surface area contributed by atoms with Crippen LogP contribution in [0.2, 0.25) is 0 Å². The number of benzene rings is 6. The molecule has 4 fully saturated rings.